The van der Waals surface area contributed by atoms with Crippen LogP contribution in [0.25, 0.3) is 0 Å². The van der Waals surface area contributed by atoms with Gasteiger partial charge in [0.25, 0.3) is 0 Å². The average Bonchev–Trinajstić information content (AvgIpc) is 1.63. The molecule has 0 aliphatic carbocycles. The minimum absolute atomic E-state index is 0.391. The lowest BCUT2D eigenvalue weighted by molar-refractivity contribution is 0.0847. The molecule has 0 amide bonds. The Morgan fingerprint density at radius 1 is 1.33 bits per heavy atom. The molecule has 9 heavy (non-hydrogen) atoms. The van der Waals surface area contributed by atoms with Crippen molar-refractivity contribution in [1.29, 1.82) is 0 Å². The number of hydrogen-bond acceptors (Lipinski definition) is 0. The fourth-order valence-corrected chi connectivity index (χ4v) is 1.00. The molecule has 0 fully saturated rings. The summed E-state index contributed by atoms with van der Waals surface area (Å²) in [4.78, 5) is 0. The quantitative estimate of drug-likeness (QED) is 0.534. The van der Waals surface area contributed by atoms with Crippen LogP contribution in [0.5, 0.6) is 0 Å². The molecule has 55 valence electrons. The van der Waals surface area contributed by atoms with Crippen molar-refractivity contribution in [2.75, 3.05) is 0 Å². The maximum atomic E-state index is 10.6. The minimum atomic E-state index is -0.391. The number of hydrogen-bond donors (Lipinski definition) is 0. The van der Waals surface area contributed by atoms with Crippen LogP contribution in [0.2, 0.25) is 0 Å². The smallest absolute Gasteiger partial charge is 0.0905 e. The van der Waals surface area contributed by atoms with Gasteiger partial charge in [0.2, 0.25) is 0 Å². The first kappa shape index (κ1) is 9.69. The molecule has 0 saturated carbocycles. The number of alkyl halides is 1. The summed E-state index contributed by atoms with van der Waals surface area (Å²) in [6, 6.07) is 0. The van der Waals surface area contributed by atoms with Gasteiger partial charge in [-0.25, -0.2) is 5.11 Å². The maximum absolute atomic E-state index is 10.6. The lowest BCUT2D eigenvalue weighted by atomic mass is 10.0. The Hall–Kier alpha value is 0.690. The van der Waals surface area contributed by atoms with Crippen LogP contribution >= 0.6 is 22.6 Å². The largest absolute Gasteiger partial charge is 0.233 e. The van der Waals surface area contributed by atoms with E-state index < -0.39 is 6.10 Å². The molecule has 0 rings (SSSR count). The predicted molar refractivity (Wildman–Crippen MR) is 47.4 cm³/mol. The van der Waals surface area contributed by atoms with Gasteiger partial charge in [0.15, 0.2) is 0 Å². The van der Waals surface area contributed by atoms with Gasteiger partial charge in [-0.2, -0.15) is 0 Å². The van der Waals surface area contributed by atoms with Crippen molar-refractivity contribution in [3.63, 3.8) is 0 Å². The zero-order valence-corrected chi connectivity index (χ0v) is 8.38. The van der Waals surface area contributed by atoms with Crippen LogP contribution in [-0.4, -0.2) is 10.0 Å². The van der Waals surface area contributed by atoms with Crippen LogP contribution in [-0.2, 0) is 5.11 Å². The topological polar surface area (TPSA) is 19.9 Å². The number of rotatable bonds is 3. The maximum Gasteiger partial charge on any atom is 0.0905 e. The molecule has 0 aliphatic rings. The zero-order valence-electron chi connectivity index (χ0n) is 6.23. The van der Waals surface area contributed by atoms with Gasteiger partial charge in [0.05, 0.1) is 6.10 Å². The summed E-state index contributed by atoms with van der Waals surface area (Å²) >= 11 is 2.36. The fraction of sp³-hybridized carbons (Fsp3) is 1.00. The second kappa shape index (κ2) is 4.50. The van der Waals surface area contributed by atoms with Crippen LogP contribution in [0.4, 0.5) is 0 Å². The average molecular weight is 241 g/mol. The molecule has 0 saturated heterocycles. The first-order valence-electron chi connectivity index (χ1n) is 3.34. The Balaban J connectivity index is 3.38. The van der Waals surface area contributed by atoms with E-state index in [1.54, 1.807) is 6.92 Å². The fourth-order valence-electron chi connectivity index (χ4n) is 0.711. The Bertz CT molecular complexity index is 71.3. The van der Waals surface area contributed by atoms with Gasteiger partial charge >= 0.3 is 0 Å². The molecule has 3 atom stereocenters. The van der Waals surface area contributed by atoms with Gasteiger partial charge in [0.1, 0.15) is 0 Å². The molecule has 1 radical (unpaired) electrons. The van der Waals surface area contributed by atoms with Crippen molar-refractivity contribution >= 4 is 22.6 Å². The van der Waals surface area contributed by atoms with Crippen LogP contribution < -0.4 is 0 Å². The molecule has 0 bridgehead atoms. The Morgan fingerprint density at radius 2 is 1.78 bits per heavy atom. The second-order valence-electron chi connectivity index (χ2n) is 2.70. The first-order chi connectivity index (χ1) is 4.04. The van der Waals surface area contributed by atoms with Crippen molar-refractivity contribution in [3.8, 4) is 0 Å². The van der Waals surface area contributed by atoms with E-state index in [1.807, 2.05) is 0 Å². The SMILES string of the molecule is CC([O])CC(C)C(C)I. The molecule has 0 aromatic rings. The normalized spacial score (nSPS) is 21.0. The van der Waals surface area contributed by atoms with Crippen LogP contribution in [0.1, 0.15) is 27.2 Å². The third-order valence-corrected chi connectivity index (χ3v) is 2.72. The summed E-state index contributed by atoms with van der Waals surface area (Å²) in [7, 11) is 0. The first-order valence-corrected chi connectivity index (χ1v) is 4.58. The lowest BCUT2D eigenvalue weighted by Crippen LogP contribution is -2.12. The van der Waals surface area contributed by atoms with Crippen LogP contribution in [0.15, 0.2) is 0 Å². The predicted octanol–water partition coefficient (Wildman–Crippen LogP) is 2.66. The van der Waals surface area contributed by atoms with Crippen molar-refractivity contribution in [2.24, 2.45) is 5.92 Å². The van der Waals surface area contributed by atoms with E-state index in [0.717, 1.165) is 6.42 Å². The van der Waals surface area contributed by atoms with Gasteiger partial charge in [0, 0.05) is 3.92 Å². The highest BCUT2D eigenvalue weighted by atomic mass is 127. The molecule has 0 aromatic heterocycles. The molecular weight excluding hydrogens is 227 g/mol. The van der Waals surface area contributed by atoms with E-state index in [4.69, 9.17) is 0 Å². The summed E-state index contributed by atoms with van der Waals surface area (Å²) < 4.78 is 0.624. The van der Waals surface area contributed by atoms with Gasteiger partial charge in [-0.15, -0.1) is 0 Å². The van der Waals surface area contributed by atoms with Gasteiger partial charge in [-0.05, 0) is 19.3 Å². The Labute approximate surface area is 71.0 Å². The summed E-state index contributed by atoms with van der Waals surface area (Å²) in [5.41, 5.74) is 0. The highest BCUT2D eigenvalue weighted by Gasteiger charge is 2.11. The van der Waals surface area contributed by atoms with Crippen molar-refractivity contribution in [3.05, 3.63) is 0 Å². The molecule has 0 aromatic carbocycles. The van der Waals surface area contributed by atoms with Crippen molar-refractivity contribution in [2.45, 2.75) is 37.2 Å². The van der Waals surface area contributed by atoms with E-state index in [2.05, 4.69) is 36.4 Å². The van der Waals surface area contributed by atoms with Crippen LogP contribution in [0, 0.1) is 5.92 Å². The van der Waals surface area contributed by atoms with E-state index in [1.165, 1.54) is 0 Å². The Morgan fingerprint density at radius 3 is 1.89 bits per heavy atom. The molecule has 1 nitrogen and oxygen atoms in total. The second-order valence-corrected chi connectivity index (χ2v) is 4.67. The summed E-state index contributed by atoms with van der Waals surface area (Å²) in [5.74, 6) is 0.568. The molecule has 0 spiro atoms. The highest BCUT2D eigenvalue weighted by Crippen LogP contribution is 2.17. The molecule has 3 unspecified atom stereocenters. The molecule has 0 N–H and O–H groups in total. The summed E-state index contributed by atoms with van der Waals surface area (Å²) in [6.45, 7) is 6.01. The van der Waals surface area contributed by atoms with Gasteiger partial charge in [-0.1, -0.05) is 36.4 Å². The Kier molecular flexibility index (Phi) is 4.84. The van der Waals surface area contributed by atoms with Gasteiger partial charge in [-0.3, -0.25) is 0 Å². The lowest BCUT2D eigenvalue weighted by Gasteiger charge is -2.13. The monoisotopic (exact) mass is 241 g/mol. The highest BCUT2D eigenvalue weighted by molar-refractivity contribution is 14.1. The van der Waals surface area contributed by atoms with Crippen LogP contribution in [0.3, 0.4) is 0 Å². The summed E-state index contributed by atoms with van der Waals surface area (Å²) in [6.07, 6.45) is 0.418. The molecule has 0 aliphatic heterocycles. The van der Waals surface area contributed by atoms with Crippen molar-refractivity contribution in [1.82, 2.24) is 0 Å². The third-order valence-electron chi connectivity index (χ3n) is 1.49. The molecule has 2 heteroatoms. The van der Waals surface area contributed by atoms with E-state index in [0.29, 0.717) is 9.84 Å². The zero-order chi connectivity index (χ0) is 7.44. The van der Waals surface area contributed by atoms with Gasteiger partial charge < -0.3 is 0 Å². The third kappa shape index (κ3) is 5.15. The van der Waals surface area contributed by atoms with E-state index in [9.17, 15) is 5.11 Å². The van der Waals surface area contributed by atoms with E-state index >= 15 is 0 Å². The molecule has 0 heterocycles. The molecular formula is C7H14IO. The standard InChI is InChI=1S/C7H14IO/c1-5(7(3)8)4-6(2)9/h5-7H,4H2,1-3H3. The van der Waals surface area contributed by atoms with E-state index in [-0.39, 0.29) is 0 Å². The van der Waals surface area contributed by atoms with Crippen molar-refractivity contribution < 1.29 is 5.11 Å². The number of halogens is 1. The minimum Gasteiger partial charge on any atom is -0.233 e. The summed E-state index contributed by atoms with van der Waals surface area (Å²) in [5, 5.41) is 10.6.